The molecule has 0 fully saturated rings. The van der Waals surface area contributed by atoms with Crippen LogP contribution in [0.15, 0.2) is 109 Å². The Labute approximate surface area is 202 Å². The average Bonchev–Trinajstić information content (AvgIpc) is 2.93. The number of hydrogen-bond acceptors (Lipinski definition) is 4. The molecule has 1 heterocycles. The van der Waals surface area contributed by atoms with Crippen LogP contribution in [0, 0.1) is 0 Å². The molecule has 168 valence electrons. The molecule has 5 rings (SSSR count). The van der Waals surface area contributed by atoms with E-state index in [2.05, 4.69) is 9.97 Å². The number of aldehydes is 1. The normalized spacial score (nSPS) is 10.6. The fourth-order valence-electron chi connectivity index (χ4n) is 3.85. The van der Waals surface area contributed by atoms with Gasteiger partial charge in [0.2, 0.25) is 0 Å². The maximum Gasteiger partial charge on any atom is 0.335 e. The molecule has 0 radical (unpaired) electrons. The minimum atomic E-state index is -0.936. The van der Waals surface area contributed by atoms with Crippen molar-refractivity contribution >= 4 is 12.3 Å². The molecular formula is C30H20N2O3. The van der Waals surface area contributed by atoms with Gasteiger partial charge in [0.1, 0.15) is 6.29 Å². The fourth-order valence-corrected chi connectivity index (χ4v) is 3.85. The average molecular weight is 457 g/mol. The summed E-state index contributed by atoms with van der Waals surface area (Å²) < 4.78 is 0. The standard InChI is InChI=1S/C30H20N2O3/c33-19-20-1-3-21(4-2-20)22-5-7-25(8-6-22)28-17-31-29(32-18-28)26-13-9-23(10-14-26)24-11-15-27(16-12-24)30(34)35/h1-19H,(H,34,35). The topological polar surface area (TPSA) is 80.2 Å². The third kappa shape index (κ3) is 4.75. The maximum atomic E-state index is 11.0. The molecule has 0 bridgehead atoms. The van der Waals surface area contributed by atoms with Gasteiger partial charge in [-0.05, 0) is 39.9 Å². The molecule has 0 spiro atoms. The summed E-state index contributed by atoms with van der Waals surface area (Å²) in [5.41, 5.74) is 7.82. The summed E-state index contributed by atoms with van der Waals surface area (Å²) >= 11 is 0. The number of nitrogens with zero attached hydrogens (tertiary/aromatic N) is 2. The molecule has 1 N–H and O–H groups in total. The van der Waals surface area contributed by atoms with E-state index in [0.717, 1.165) is 45.2 Å². The highest BCUT2D eigenvalue weighted by Crippen LogP contribution is 2.27. The van der Waals surface area contributed by atoms with E-state index in [1.807, 2.05) is 85.2 Å². The monoisotopic (exact) mass is 456 g/mol. The zero-order valence-electron chi connectivity index (χ0n) is 18.6. The smallest absolute Gasteiger partial charge is 0.335 e. The van der Waals surface area contributed by atoms with E-state index in [-0.39, 0.29) is 5.56 Å². The molecule has 0 saturated carbocycles. The SMILES string of the molecule is O=Cc1ccc(-c2ccc(-c3cnc(-c4ccc(-c5ccc(C(=O)O)cc5)cc4)nc3)cc2)cc1. The number of hydrogen-bond donors (Lipinski definition) is 1. The van der Waals surface area contributed by atoms with Crippen molar-refractivity contribution in [3.63, 3.8) is 0 Å². The van der Waals surface area contributed by atoms with Crippen molar-refractivity contribution in [2.24, 2.45) is 0 Å². The van der Waals surface area contributed by atoms with Gasteiger partial charge in [-0.15, -0.1) is 0 Å². The van der Waals surface area contributed by atoms with Gasteiger partial charge in [-0.1, -0.05) is 84.9 Å². The van der Waals surface area contributed by atoms with Crippen LogP contribution in [-0.4, -0.2) is 27.3 Å². The second-order valence-electron chi connectivity index (χ2n) is 8.07. The molecule has 0 saturated heterocycles. The molecular weight excluding hydrogens is 436 g/mol. The first-order chi connectivity index (χ1) is 17.1. The Bertz CT molecular complexity index is 1470. The summed E-state index contributed by atoms with van der Waals surface area (Å²) in [6.07, 6.45) is 4.47. The zero-order valence-corrected chi connectivity index (χ0v) is 18.6. The van der Waals surface area contributed by atoms with E-state index < -0.39 is 5.97 Å². The van der Waals surface area contributed by atoms with Crippen LogP contribution in [0.4, 0.5) is 0 Å². The van der Waals surface area contributed by atoms with Crippen molar-refractivity contribution in [1.29, 1.82) is 0 Å². The van der Waals surface area contributed by atoms with Crippen molar-refractivity contribution in [3.8, 4) is 44.8 Å². The van der Waals surface area contributed by atoms with Crippen LogP contribution < -0.4 is 0 Å². The first-order valence-corrected chi connectivity index (χ1v) is 11.0. The Balaban J connectivity index is 1.31. The van der Waals surface area contributed by atoms with Gasteiger partial charge in [-0.3, -0.25) is 4.79 Å². The first-order valence-electron chi connectivity index (χ1n) is 11.0. The third-order valence-electron chi connectivity index (χ3n) is 5.86. The minimum absolute atomic E-state index is 0.266. The Morgan fingerprint density at radius 2 is 0.914 bits per heavy atom. The van der Waals surface area contributed by atoms with Crippen LogP contribution in [-0.2, 0) is 0 Å². The van der Waals surface area contributed by atoms with Gasteiger partial charge in [0.15, 0.2) is 5.82 Å². The van der Waals surface area contributed by atoms with Crippen molar-refractivity contribution in [2.75, 3.05) is 0 Å². The Morgan fingerprint density at radius 3 is 1.34 bits per heavy atom. The number of benzene rings is 4. The Morgan fingerprint density at radius 1 is 0.543 bits per heavy atom. The minimum Gasteiger partial charge on any atom is -0.478 e. The van der Waals surface area contributed by atoms with Gasteiger partial charge in [-0.25, -0.2) is 14.8 Å². The number of carbonyl (C=O) groups is 2. The van der Waals surface area contributed by atoms with Gasteiger partial charge in [0.25, 0.3) is 0 Å². The van der Waals surface area contributed by atoms with E-state index >= 15 is 0 Å². The molecule has 0 atom stereocenters. The van der Waals surface area contributed by atoms with Crippen LogP contribution in [0.2, 0.25) is 0 Å². The zero-order chi connectivity index (χ0) is 24.2. The maximum absolute atomic E-state index is 11.0. The fraction of sp³-hybridized carbons (Fsp3) is 0. The number of aromatic carboxylic acids is 1. The largest absolute Gasteiger partial charge is 0.478 e. The molecule has 5 aromatic rings. The molecule has 0 unspecified atom stereocenters. The van der Waals surface area contributed by atoms with E-state index in [0.29, 0.717) is 11.4 Å². The third-order valence-corrected chi connectivity index (χ3v) is 5.86. The number of carbonyl (C=O) groups excluding carboxylic acids is 1. The van der Waals surface area contributed by atoms with E-state index in [4.69, 9.17) is 5.11 Å². The summed E-state index contributed by atoms with van der Waals surface area (Å²) in [6, 6.07) is 30.3. The van der Waals surface area contributed by atoms with E-state index in [1.165, 1.54) is 0 Å². The van der Waals surface area contributed by atoms with Crippen LogP contribution in [0.25, 0.3) is 44.8 Å². The number of carboxylic acids is 1. The first kappa shape index (κ1) is 21.9. The number of aromatic nitrogens is 2. The van der Waals surface area contributed by atoms with Crippen LogP contribution in [0.3, 0.4) is 0 Å². The second-order valence-corrected chi connectivity index (χ2v) is 8.07. The summed E-state index contributed by atoms with van der Waals surface area (Å²) in [4.78, 5) is 31.0. The highest BCUT2D eigenvalue weighted by Gasteiger charge is 2.07. The Hall–Kier alpha value is -4.90. The molecule has 0 aliphatic heterocycles. The lowest BCUT2D eigenvalue weighted by Crippen LogP contribution is -1.95. The molecule has 0 aliphatic rings. The van der Waals surface area contributed by atoms with Crippen molar-refractivity contribution in [3.05, 3.63) is 121 Å². The lowest BCUT2D eigenvalue weighted by molar-refractivity contribution is 0.0696. The van der Waals surface area contributed by atoms with Crippen LogP contribution in [0.1, 0.15) is 20.7 Å². The predicted molar refractivity (Wildman–Crippen MR) is 136 cm³/mol. The molecule has 5 heteroatoms. The van der Waals surface area contributed by atoms with Gasteiger partial charge in [0.05, 0.1) is 5.56 Å². The highest BCUT2D eigenvalue weighted by atomic mass is 16.4. The van der Waals surface area contributed by atoms with E-state index in [9.17, 15) is 9.59 Å². The molecule has 0 aliphatic carbocycles. The predicted octanol–water partition coefficient (Wildman–Crippen LogP) is 6.66. The Kier molecular flexibility index (Phi) is 5.97. The van der Waals surface area contributed by atoms with Crippen molar-refractivity contribution < 1.29 is 14.7 Å². The van der Waals surface area contributed by atoms with Gasteiger partial charge >= 0.3 is 5.97 Å². The van der Waals surface area contributed by atoms with Gasteiger partial charge in [0, 0.05) is 29.1 Å². The highest BCUT2D eigenvalue weighted by molar-refractivity contribution is 5.88. The van der Waals surface area contributed by atoms with Crippen LogP contribution >= 0.6 is 0 Å². The quantitative estimate of drug-likeness (QED) is 0.289. The van der Waals surface area contributed by atoms with Gasteiger partial charge < -0.3 is 5.11 Å². The lowest BCUT2D eigenvalue weighted by atomic mass is 10.0. The molecule has 5 nitrogen and oxygen atoms in total. The molecule has 35 heavy (non-hydrogen) atoms. The number of carboxylic acid groups (broad SMARTS) is 1. The summed E-state index contributed by atoms with van der Waals surface area (Å²) in [5.74, 6) is -0.303. The summed E-state index contributed by atoms with van der Waals surface area (Å²) in [5, 5.41) is 9.05. The lowest BCUT2D eigenvalue weighted by Gasteiger charge is -2.07. The van der Waals surface area contributed by atoms with Crippen molar-refractivity contribution in [2.45, 2.75) is 0 Å². The van der Waals surface area contributed by atoms with Crippen molar-refractivity contribution in [1.82, 2.24) is 9.97 Å². The molecule has 4 aromatic carbocycles. The van der Waals surface area contributed by atoms with Crippen LogP contribution in [0.5, 0.6) is 0 Å². The summed E-state index contributed by atoms with van der Waals surface area (Å²) in [6.45, 7) is 0. The molecule has 1 aromatic heterocycles. The molecule has 0 amide bonds. The summed E-state index contributed by atoms with van der Waals surface area (Å²) in [7, 11) is 0. The van der Waals surface area contributed by atoms with Gasteiger partial charge in [-0.2, -0.15) is 0 Å². The second kappa shape index (κ2) is 9.53. The van der Waals surface area contributed by atoms with E-state index in [1.54, 1.807) is 24.3 Å². The number of rotatable bonds is 6.